The molecule has 0 aliphatic carbocycles. The highest BCUT2D eigenvalue weighted by Crippen LogP contribution is 2.39. The van der Waals surface area contributed by atoms with Gasteiger partial charge in [0, 0.05) is 6.42 Å². The molecule has 2 rings (SSSR count). The molecule has 0 radical (unpaired) electrons. The van der Waals surface area contributed by atoms with Gasteiger partial charge in [-0.1, -0.05) is 36.5 Å². The van der Waals surface area contributed by atoms with E-state index in [1.165, 1.54) is 0 Å². The van der Waals surface area contributed by atoms with Gasteiger partial charge in [0.25, 0.3) is 0 Å². The lowest BCUT2D eigenvalue weighted by Crippen LogP contribution is -2.16. The minimum atomic E-state index is -4.68. The predicted molar refractivity (Wildman–Crippen MR) is 96.2 cm³/mol. The number of halogens is 5. The van der Waals surface area contributed by atoms with E-state index in [1.54, 1.807) is 12.1 Å². The van der Waals surface area contributed by atoms with E-state index in [-0.39, 0.29) is 29.2 Å². The zero-order valence-electron chi connectivity index (χ0n) is 14.4. The normalized spacial score (nSPS) is 11.0. The van der Waals surface area contributed by atoms with Gasteiger partial charge in [-0.15, -0.1) is 0 Å². The van der Waals surface area contributed by atoms with E-state index in [9.17, 15) is 28.5 Å². The molecule has 0 aliphatic rings. The molecule has 0 saturated carbocycles. The second-order valence-electron chi connectivity index (χ2n) is 5.65. The van der Waals surface area contributed by atoms with Gasteiger partial charge in [0.15, 0.2) is 11.5 Å². The summed E-state index contributed by atoms with van der Waals surface area (Å²) in [5.41, 5.74) is -1.85. The topological polar surface area (TPSA) is 94.5 Å². The lowest BCUT2D eigenvalue weighted by molar-refractivity contribution is -0.137. The number of nitrogens with zero attached hydrogens (tertiary/aromatic N) is 4. The highest BCUT2D eigenvalue weighted by atomic mass is 35.5. The molecule has 28 heavy (non-hydrogen) atoms. The molecule has 0 atom stereocenters. The number of carbonyl (C=O) groups excluding carboxylic acids is 1. The molecule has 146 valence electrons. The number of hydrogen-bond acceptors (Lipinski definition) is 4. The third-order valence-corrected chi connectivity index (χ3v) is 4.25. The molecule has 0 bridgehead atoms. The molecule has 1 heterocycles. The van der Waals surface area contributed by atoms with Crippen LogP contribution in [0.4, 0.5) is 19.0 Å². The minimum absolute atomic E-state index is 0.142. The van der Waals surface area contributed by atoms with Crippen LogP contribution in [0.5, 0.6) is 0 Å². The van der Waals surface area contributed by atoms with E-state index in [1.807, 2.05) is 6.92 Å². The van der Waals surface area contributed by atoms with Crippen molar-refractivity contribution in [3.05, 3.63) is 39.0 Å². The number of benzene rings is 1. The standard InChI is InChI=1S/C17H12Cl2F3N5O/c1-2-3-4-14(28)25-16-10(7-23)13(8-24)26-27(16)15-11(18)5-9(6-12(15)19)17(20,21)22/h5-6H,2-4H2,1H3,(H,25,28). The van der Waals surface area contributed by atoms with Crippen molar-refractivity contribution in [1.82, 2.24) is 9.78 Å². The third kappa shape index (κ3) is 4.38. The molecule has 0 spiro atoms. The molecule has 0 aliphatic heterocycles. The number of aromatic nitrogens is 2. The van der Waals surface area contributed by atoms with Crippen molar-refractivity contribution in [2.24, 2.45) is 0 Å². The number of hydrogen-bond donors (Lipinski definition) is 1. The van der Waals surface area contributed by atoms with Crippen LogP contribution >= 0.6 is 23.2 Å². The van der Waals surface area contributed by atoms with Gasteiger partial charge < -0.3 is 5.32 Å². The number of alkyl halides is 3. The second-order valence-corrected chi connectivity index (χ2v) is 6.46. The van der Waals surface area contributed by atoms with Crippen molar-refractivity contribution in [2.45, 2.75) is 32.4 Å². The lowest BCUT2D eigenvalue weighted by Gasteiger charge is -2.15. The SMILES string of the molecule is CCCCC(=O)Nc1c(C#N)c(C#N)nn1-c1c(Cl)cc(C(F)(F)F)cc1Cl. The average Bonchev–Trinajstić information content (AvgIpc) is 2.95. The van der Waals surface area contributed by atoms with E-state index in [0.29, 0.717) is 18.6 Å². The van der Waals surface area contributed by atoms with Gasteiger partial charge in [-0.2, -0.15) is 28.8 Å². The Morgan fingerprint density at radius 3 is 2.32 bits per heavy atom. The molecule has 6 nitrogen and oxygen atoms in total. The highest BCUT2D eigenvalue weighted by molar-refractivity contribution is 6.38. The summed E-state index contributed by atoms with van der Waals surface area (Å²) in [5.74, 6) is -0.646. The number of carbonyl (C=O) groups is 1. The van der Waals surface area contributed by atoms with Crippen LogP contribution in [0.15, 0.2) is 12.1 Å². The number of rotatable bonds is 5. The predicted octanol–water partition coefficient (Wildman–Crippen LogP) is 5.07. The number of nitriles is 2. The minimum Gasteiger partial charge on any atom is -0.309 e. The van der Waals surface area contributed by atoms with Crippen molar-refractivity contribution < 1.29 is 18.0 Å². The van der Waals surface area contributed by atoms with Gasteiger partial charge in [-0.3, -0.25) is 4.79 Å². The molecule has 1 amide bonds. The first-order valence-electron chi connectivity index (χ1n) is 7.93. The van der Waals surface area contributed by atoms with Crippen LogP contribution in [0.25, 0.3) is 5.69 Å². The fourth-order valence-electron chi connectivity index (χ4n) is 2.34. The zero-order chi connectivity index (χ0) is 21.1. The first-order valence-corrected chi connectivity index (χ1v) is 8.69. The van der Waals surface area contributed by atoms with E-state index in [0.717, 1.165) is 11.1 Å². The molecule has 11 heteroatoms. The van der Waals surface area contributed by atoms with Crippen molar-refractivity contribution in [1.29, 1.82) is 10.5 Å². The first-order chi connectivity index (χ1) is 13.1. The summed E-state index contributed by atoms with van der Waals surface area (Å²) in [6, 6.07) is 4.74. The lowest BCUT2D eigenvalue weighted by atomic mass is 10.2. The fourth-order valence-corrected chi connectivity index (χ4v) is 2.99. The van der Waals surface area contributed by atoms with Gasteiger partial charge in [0.1, 0.15) is 23.4 Å². The fraction of sp³-hybridized carbons (Fsp3) is 0.294. The summed E-state index contributed by atoms with van der Waals surface area (Å²) in [6.07, 6.45) is -3.21. The van der Waals surface area contributed by atoms with Crippen LogP contribution in [-0.4, -0.2) is 15.7 Å². The molecular formula is C17H12Cl2F3N5O. The van der Waals surface area contributed by atoms with Gasteiger partial charge in [-0.25, -0.2) is 4.68 Å². The Kier molecular flexibility index (Phi) is 6.55. The van der Waals surface area contributed by atoms with Crippen LogP contribution in [-0.2, 0) is 11.0 Å². The third-order valence-electron chi connectivity index (χ3n) is 3.67. The van der Waals surface area contributed by atoms with Crippen LogP contribution < -0.4 is 5.32 Å². The zero-order valence-corrected chi connectivity index (χ0v) is 15.9. The second kappa shape index (κ2) is 8.51. The van der Waals surface area contributed by atoms with Crippen molar-refractivity contribution in [3.8, 4) is 17.8 Å². The Hall–Kier alpha value is -2.75. The van der Waals surface area contributed by atoms with Crippen molar-refractivity contribution >= 4 is 34.9 Å². The Bertz CT molecular complexity index is 979. The van der Waals surface area contributed by atoms with Gasteiger partial charge in [-0.05, 0) is 18.6 Å². The summed E-state index contributed by atoms with van der Waals surface area (Å²) < 4.78 is 39.7. The Morgan fingerprint density at radius 2 is 1.86 bits per heavy atom. The van der Waals surface area contributed by atoms with E-state index >= 15 is 0 Å². The monoisotopic (exact) mass is 429 g/mol. The van der Waals surface area contributed by atoms with Crippen LogP contribution in [0, 0.1) is 22.7 Å². The van der Waals surface area contributed by atoms with Gasteiger partial charge >= 0.3 is 6.18 Å². The first kappa shape index (κ1) is 21.5. The van der Waals surface area contributed by atoms with Gasteiger partial charge in [0.2, 0.25) is 5.91 Å². The molecule has 0 fully saturated rings. The van der Waals surface area contributed by atoms with Crippen LogP contribution in [0.1, 0.15) is 43.0 Å². The van der Waals surface area contributed by atoms with E-state index < -0.39 is 27.7 Å². The highest BCUT2D eigenvalue weighted by Gasteiger charge is 2.33. The van der Waals surface area contributed by atoms with E-state index in [2.05, 4.69) is 10.4 Å². The molecular weight excluding hydrogens is 418 g/mol. The summed E-state index contributed by atoms with van der Waals surface area (Å²) in [4.78, 5) is 12.1. The van der Waals surface area contributed by atoms with Crippen molar-refractivity contribution in [3.63, 3.8) is 0 Å². The molecule has 1 aromatic carbocycles. The van der Waals surface area contributed by atoms with Crippen LogP contribution in [0.2, 0.25) is 10.0 Å². The Balaban J connectivity index is 2.66. The van der Waals surface area contributed by atoms with Crippen LogP contribution in [0.3, 0.4) is 0 Å². The number of nitrogens with one attached hydrogen (secondary N) is 1. The summed E-state index contributed by atoms with van der Waals surface area (Å²) >= 11 is 12.0. The number of anilines is 1. The maximum Gasteiger partial charge on any atom is 0.416 e. The molecule has 0 unspecified atom stereocenters. The quantitative estimate of drug-likeness (QED) is 0.717. The van der Waals surface area contributed by atoms with E-state index in [4.69, 9.17) is 23.2 Å². The summed E-state index contributed by atoms with van der Waals surface area (Å²) in [6.45, 7) is 1.88. The largest absolute Gasteiger partial charge is 0.416 e. The summed E-state index contributed by atoms with van der Waals surface area (Å²) in [7, 11) is 0. The molecule has 2 aromatic rings. The molecule has 1 N–H and O–H groups in total. The smallest absolute Gasteiger partial charge is 0.309 e. The average molecular weight is 430 g/mol. The maximum absolute atomic E-state index is 12.9. The Labute approximate surface area is 168 Å². The maximum atomic E-state index is 12.9. The molecule has 1 aromatic heterocycles. The molecule has 0 saturated heterocycles. The Morgan fingerprint density at radius 1 is 1.25 bits per heavy atom. The number of unbranched alkanes of at least 4 members (excludes halogenated alkanes) is 1. The van der Waals surface area contributed by atoms with Crippen molar-refractivity contribution in [2.75, 3.05) is 5.32 Å². The summed E-state index contributed by atoms with van der Waals surface area (Å²) in [5, 5.41) is 24.1. The number of amides is 1. The van der Waals surface area contributed by atoms with Gasteiger partial charge in [0.05, 0.1) is 15.6 Å².